The molecule has 0 saturated carbocycles. The number of aliphatic hydroxyl groups excluding tert-OH is 1. The van der Waals surface area contributed by atoms with E-state index >= 15 is 0 Å². The lowest BCUT2D eigenvalue weighted by atomic mass is 9.72. The van der Waals surface area contributed by atoms with Crippen LogP contribution in [0.4, 0.5) is 20.6 Å². The number of pyridine rings is 1. The summed E-state index contributed by atoms with van der Waals surface area (Å²) in [6.07, 6.45) is 1.54. The Hall–Kier alpha value is -3.78. The van der Waals surface area contributed by atoms with E-state index in [2.05, 4.69) is 10.3 Å². The van der Waals surface area contributed by atoms with Gasteiger partial charge in [-0.3, -0.25) is 14.7 Å². The van der Waals surface area contributed by atoms with Gasteiger partial charge in [-0.1, -0.05) is 36.4 Å². The molecule has 0 radical (unpaired) electrons. The van der Waals surface area contributed by atoms with Crippen molar-refractivity contribution in [3.05, 3.63) is 90.0 Å². The second-order valence-electron chi connectivity index (χ2n) is 7.85. The van der Waals surface area contributed by atoms with Crippen LogP contribution in [0.1, 0.15) is 22.0 Å². The van der Waals surface area contributed by atoms with Gasteiger partial charge in [0.15, 0.2) is 0 Å². The highest BCUT2D eigenvalue weighted by molar-refractivity contribution is 6.03. The van der Waals surface area contributed by atoms with Crippen molar-refractivity contribution < 1.29 is 19.1 Å². The van der Waals surface area contributed by atoms with E-state index in [1.807, 2.05) is 24.3 Å². The number of anilines is 2. The number of benzene rings is 2. The van der Waals surface area contributed by atoms with Crippen LogP contribution < -0.4 is 10.2 Å². The summed E-state index contributed by atoms with van der Waals surface area (Å²) in [7, 11) is 0. The van der Waals surface area contributed by atoms with Gasteiger partial charge in [0.25, 0.3) is 5.91 Å². The third-order valence-corrected chi connectivity index (χ3v) is 6.17. The van der Waals surface area contributed by atoms with Crippen LogP contribution in [0.15, 0.2) is 72.9 Å². The van der Waals surface area contributed by atoms with Gasteiger partial charge in [0, 0.05) is 24.3 Å². The number of aromatic nitrogens is 1. The number of aliphatic hydroxyl groups is 1. The molecule has 0 bridgehead atoms. The second kappa shape index (κ2) is 8.05. The molecule has 2 N–H and O–H groups in total. The fourth-order valence-electron chi connectivity index (χ4n) is 4.73. The monoisotopic (exact) mass is 432 g/mol. The first-order valence-corrected chi connectivity index (χ1v) is 10.4. The Morgan fingerprint density at radius 1 is 1.06 bits per heavy atom. The Morgan fingerprint density at radius 3 is 2.56 bits per heavy atom. The van der Waals surface area contributed by atoms with E-state index in [0.29, 0.717) is 5.69 Å². The first-order valence-electron chi connectivity index (χ1n) is 10.4. The molecule has 2 aliphatic rings. The maximum absolute atomic E-state index is 14.1. The third kappa shape index (κ3) is 3.20. The van der Waals surface area contributed by atoms with Gasteiger partial charge < -0.3 is 15.3 Å². The van der Waals surface area contributed by atoms with Gasteiger partial charge in [-0.25, -0.2) is 9.18 Å². The number of nitrogens with zero attached hydrogens (tertiary/aromatic N) is 3. The summed E-state index contributed by atoms with van der Waals surface area (Å²) in [5, 5.41) is 12.7. The summed E-state index contributed by atoms with van der Waals surface area (Å²) in [5.41, 5.74) is 1.92. The van der Waals surface area contributed by atoms with Gasteiger partial charge in [0.2, 0.25) is 0 Å². The Bertz CT molecular complexity index is 1170. The quantitative estimate of drug-likeness (QED) is 0.665. The van der Waals surface area contributed by atoms with Crippen molar-refractivity contribution in [2.45, 2.75) is 18.0 Å². The molecule has 3 heterocycles. The topological polar surface area (TPSA) is 85.8 Å². The van der Waals surface area contributed by atoms with Gasteiger partial charge in [-0.15, -0.1) is 0 Å². The predicted molar refractivity (Wildman–Crippen MR) is 117 cm³/mol. The number of halogens is 1. The largest absolute Gasteiger partial charge is 0.394 e. The molecule has 8 heteroatoms. The van der Waals surface area contributed by atoms with Crippen LogP contribution >= 0.6 is 0 Å². The summed E-state index contributed by atoms with van der Waals surface area (Å²) < 4.78 is 14.1. The average Bonchev–Trinajstić information content (AvgIpc) is 2.81. The normalized spacial score (nSPS) is 21.2. The first kappa shape index (κ1) is 20.1. The highest BCUT2D eigenvalue weighted by atomic mass is 19.1. The lowest BCUT2D eigenvalue weighted by Gasteiger charge is -2.58. The smallest absolute Gasteiger partial charge is 0.326 e. The zero-order chi connectivity index (χ0) is 22.2. The van der Waals surface area contributed by atoms with E-state index in [0.717, 1.165) is 5.56 Å². The molecule has 1 saturated heterocycles. The number of para-hydroxylation sites is 2. The number of carbonyl (C=O) groups is 2. The lowest BCUT2D eigenvalue weighted by molar-refractivity contribution is -0.0245. The van der Waals surface area contributed by atoms with Crippen LogP contribution in [0.25, 0.3) is 0 Å². The molecule has 2 aromatic carbocycles. The predicted octanol–water partition coefficient (Wildman–Crippen LogP) is 3.24. The van der Waals surface area contributed by atoms with Crippen LogP contribution in [0.5, 0.6) is 0 Å². The summed E-state index contributed by atoms with van der Waals surface area (Å²) in [6.45, 7) is 0.0204. The van der Waals surface area contributed by atoms with Gasteiger partial charge in [0.05, 0.1) is 24.4 Å². The zero-order valence-corrected chi connectivity index (χ0v) is 17.1. The lowest BCUT2D eigenvalue weighted by Crippen LogP contribution is -2.71. The molecule has 3 atom stereocenters. The maximum Gasteiger partial charge on any atom is 0.326 e. The fraction of sp³-hybridized carbons (Fsp3) is 0.208. The number of rotatable bonds is 3. The molecule has 0 spiro atoms. The minimum atomic E-state index is -0.528. The number of urea groups is 1. The standard InChI is InChI=1S/C24H21FN4O3/c25-16-8-2-3-9-17(16)27-24(32)28-13-20-22(15-7-1-4-11-19(15)28)21(14-30)29(20)23(31)18-10-5-6-12-26-18/h1-12,20-22,30H,13-14H2,(H,27,32)/t20-,21+,22+/m0/s1. The summed E-state index contributed by atoms with van der Waals surface area (Å²) in [4.78, 5) is 33.6. The number of fused-ring (bicyclic) bond motifs is 3. The minimum Gasteiger partial charge on any atom is -0.394 e. The molecule has 7 nitrogen and oxygen atoms in total. The summed E-state index contributed by atoms with van der Waals surface area (Å²) in [5.74, 6) is -0.930. The van der Waals surface area contributed by atoms with Gasteiger partial charge >= 0.3 is 6.03 Å². The van der Waals surface area contributed by atoms with Crippen molar-refractivity contribution in [3.63, 3.8) is 0 Å². The molecule has 2 aliphatic heterocycles. The molecule has 162 valence electrons. The first-order chi connectivity index (χ1) is 15.6. The molecule has 1 fully saturated rings. The van der Waals surface area contributed by atoms with Gasteiger partial charge in [0.1, 0.15) is 11.5 Å². The molecule has 32 heavy (non-hydrogen) atoms. The molecule has 0 unspecified atom stereocenters. The van der Waals surface area contributed by atoms with Gasteiger partial charge in [-0.05, 0) is 35.9 Å². The van der Waals surface area contributed by atoms with Crippen molar-refractivity contribution in [1.82, 2.24) is 9.88 Å². The van der Waals surface area contributed by atoms with E-state index in [-0.39, 0.29) is 42.4 Å². The summed E-state index contributed by atoms with van der Waals surface area (Å²) in [6, 6.07) is 17.2. The van der Waals surface area contributed by atoms with Gasteiger partial charge in [-0.2, -0.15) is 0 Å². The summed E-state index contributed by atoms with van der Waals surface area (Å²) >= 11 is 0. The fourth-order valence-corrected chi connectivity index (χ4v) is 4.73. The Morgan fingerprint density at radius 2 is 1.81 bits per heavy atom. The van der Waals surface area contributed by atoms with Crippen molar-refractivity contribution in [2.75, 3.05) is 23.4 Å². The number of hydrogen-bond acceptors (Lipinski definition) is 4. The molecular weight excluding hydrogens is 411 g/mol. The molecular formula is C24H21FN4O3. The van der Waals surface area contributed by atoms with Crippen LogP contribution in [-0.2, 0) is 0 Å². The Labute approximate surface area is 184 Å². The van der Waals surface area contributed by atoms with Crippen molar-refractivity contribution >= 4 is 23.3 Å². The zero-order valence-electron chi connectivity index (χ0n) is 17.1. The Balaban J connectivity index is 1.48. The van der Waals surface area contributed by atoms with Crippen molar-refractivity contribution in [1.29, 1.82) is 0 Å². The number of likely N-dealkylation sites (tertiary alicyclic amines) is 1. The number of amides is 3. The SMILES string of the molecule is O=C(Nc1ccccc1F)N1C[C@H]2[C@@H](c3ccccc31)[C@@H](CO)N2C(=O)c1ccccn1. The van der Waals surface area contributed by atoms with Crippen molar-refractivity contribution in [2.24, 2.45) is 0 Å². The van der Waals surface area contributed by atoms with E-state index in [1.165, 1.54) is 17.0 Å². The van der Waals surface area contributed by atoms with Crippen LogP contribution in [-0.4, -0.2) is 52.2 Å². The number of nitrogens with one attached hydrogen (secondary N) is 1. The number of hydrogen-bond donors (Lipinski definition) is 2. The van der Waals surface area contributed by atoms with E-state index < -0.39 is 17.9 Å². The average molecular weight is 432 g/mol. The number of carbonyl (C=O) groups excluding carboxylic acids is 2. The van der Waals surface area contributed by atoms with E-state index in [1.54, 1.807) is 41.4 Å². The molecule has 3 amide bonds. The molecule has 1 aromatic heterocycles. The van der Waals surface area contributed by atoms with E-state index in [4.69, 9.17) is 0 Å². The highest BCUT2D eigenvalue weighted by Gasteiger charge is 2.55. The maximum atomic E-state index is 14.1. The second-order valence-corrected chi connectivity index (χ2v) is 7.85. The molecule has 0 aliphatic carbocycles. The van der Waals surface area contributed by atoms with Crippen molar-refractivity contribution in [3.8, 4) is 0 Å². The van der Waals surface area contributed by atoms with Crippen LogP contribution in [0.2, 0.25) is 0 Å². The highest BCUT2D eigenvalue weighted by Crippen LogP contribution is 2.48. The minimum absolute atomic E-state index is 0.0837. The molecule has 5 rings (SSSR count). The van der Waals surface area contributed by atoms with Crippen LogP contribution in [0.3, 0.4) is 0 Å². The third-order valence-electron chi connectivity index (χ3n) is 6.17. The Kier molecular flexibility index (Phi) is 5.07. The van der Waals surface area contributed by atoms with Crippen LogP contribution in [0, 0.1) is 5.82 Å². The van der Waals surface area contributed by atoms with E-state index in [9.17, 15) is 19.1 Å². The molecule has 3 aromatic rings.